The van der Waals surface area contributed by atoms with Crippen molar-refractivity contribution in [2.45, 2.75) is 72.7 Å². The highest BCUT2D eigenvalue weighted by Crippen LogP contribution is 2.19. The Kier molecular flexibility index (Phi) is 11.2. The average Bonchev–Trinajstić information content (AvgIpc) is 2.67. The second kappa shape index (κ2) is 13.1. The van der Waals surface area contributed by atoms with Gasteiger partial charge in [-0.05, 0) is 30.7 Å². The molecule has 0 unspecified atom stereocenters. The number of carbonyl (C=O) groups is 3. The molecule has 6 nitrogen and oxygen atoms in total. The average molecular weight is 407 g/mol. The molecule has 0 aliphatic rings. The Hall–Kier alpha value is -2.21. The van der Waals surface area contributed by atoms with Crippen molar-refractivity contribution in [2.75, 3.05) is 6.61 Å². The van der Waals surface area contributed by atoms with Gasteiger partial charge in [-0.2, -0.15) is 0 Å². The maximum atomic E-state index is 12.9. The third-order valence-corrected chi connectivity index (χ3v) is 4.59. The van der Waals surface area contributed by atoms with E-state index in [1.165, 1.54) is 0 Å². The van der Waals surface area contributed by atoms with Crippen LogP contribution in [-0.2, 0) is 35.2 Å². The quantitative estimate of drug-likeness (QED) is 0.362. The zero-order valence-corrected chi connectivity index (χ0v) is 18.2. The SMILES string of the molecule is CCOC(=O)CC(=O)[C@H](CC(C)C)OC(=O)[C@@H](OCc1ccccc1)[C@@H](C)CC. The van der Waals surface area contributed by atoms with E-state index in [4.69, 9.17) is 14.2 Å². The molecule has 29 heavy (non-hydrogen) atoms. The van der Waals surface area contributed by atoms with Crippen molar-refractivity contribution in [2.24, 2.45) is 11.8 Å². The van der Waals surface area contributed by atoms with Crippen LogP contribution in [0.1, 0.15) is 59.4 Å². The first-order chi connectivity index (χ1) is 13.8. The zero-order valence-electron chi connectivity index (χ0n) is 18.2. The first-order valence-electron chi connectivity index (χ1n) is 10.3. The number of ketones is 1. The van der Waals surface area contributed by atoms with Crippen LogP contribution < -0.4 is 0 Å². The second-order valence-corrected chi connectivity index (χ2v) is 7.61. The molecule has 0 saturated carbocycles. The summed E-state index contributed by atoms with van der Waals surface area (Å²) in [6.07, 6.45) is -1.11. The molecular weight excluding hydrogens is 372 g/mol. The Balaban J connectivity index is 2.84. The molecule has 0 N–H and O–H groups in total. The summed E-state index contributed by atoms with van der Waals surface area (Å²) in [5, 5.41) is 0. The Morgan fingerprint density at radius 2 is 1.66 bits per heavy atom. The third-order valence-electron chi connectivity index (χ3n) is 4.59. The zero-order chi connectivity index (χ0) is 21.8. The Morgan fingerprint density at radius 3 is 2.21 bits per heavy atom. The summed E-state index contributed by atoms with van der Waals surface area (Å²) in [5.74, 6) is -1.59. The van der Waals surface area contributed by atoms with Crippen LogP contribution in [-0.4, -0.2) is 36.5 Å². The summed E-state index contributed by atoms with van der Waals surface area (Å²) in [4.78, 5) is 37.0. The van der Waals surface area contributed by atoms with Gasteiger partial charge in [-0.3, -0.25) is 9.59 Å². The van der Waals surface area contributed by atoms with E-state index in [9.17, 15) is 14.4 Å². The van der Waals surface area contributed by atoms with E-state index in [0.717, 1.165) is 12.0 Å². The molecule has 0 amide bonds. The first kappa shape index (κ1) is 24.8. The van der Waals surface area contributed by atoms with E-state index in [1.807, 2.05) is 58.0 Å². The van der Waals surface area contributed by atoms with E-state index in [-0.39, 0.29) is 25.0 Å². The van der Waals surface area contributed by atoms with Gasteiger partial charge >= 0.3 is 11.9 Å². The molecule has 0 aliphatic carbocycles. The molecule has 3 atom stereocenters. The molecule has 0 aliphatic heterocycles. The number of esters is 2. The molecule has 0 spiro atoms. The van der Waals surface area contributed by atoms with Crippen molar-refractivity contribution in [1.29, 1.82) is 0 Å². The minimum absolute atomic E-state index is 0.0777. The predicted octanol–water partition coefficient (Wildman–Crippen LogP) is 4.10. The van der Waals surface area contributed by atoms with Gasteiger partial charge in [0.15, 0.2) is 18.0 Å². The number of carbonyl (C=O) groups excluding carboxylic acids is 3. The van der Waals surface area contributed by atoms with Gasteiger partial charge in [0.2, 0.25) is 0 Å². The molecule has 0 heterocycles. The van der Waals surface area contributed by atoms with Gasteiger partial charge in [0.05, 0.1) is 13.2 Å². The number of rotatable bonds is 13. The first-order valence-corrected chi connectivity index (χ1v) is 10.3. The van der Waals surface area contributed by atoms with Crippen LogP contribution in [0.4, 0.5) is 0 Å². The fourth-order valence-corrected chi connectivity index (χ4v) is 2.79. The minimum Gasteiger partial charge on any atom is -0.466 e. The summed E-state index contributed by atoms with van der Waals surface area (Å²) < 4.78 is 16.3. The van der Waals surface area contributed by atoms with Gasteiger partial charge in [0, 0.05) is 0 Å². The molecule has 0 bridgehead atoms. The molecule has 162 valence electrons. The van der Waals surface area contributed by atoms with Crippen molar-refractivity contribution >= 4 is 17.7 Å². The number of hydrogen-bond acceptors (Lipinski definition) is 6. The number of ether oxygens (including phenoxy) is 3. The molecule has 0 aromatic heterocycles. The monoisotopic (exact) mass is 406 g/mol. The minimum atomic E-state index is -0.987. The molecule has 1 aromatic carbocycles. The fraction of sp³-hybridized carbons (Fsp3) is 0.609. The number of hydrogen-bond donors (Lipinski definition) is 0. The maximum Gasteiger partial charge on any atom is 0.336 e. The summed E-state index contributed by atoms with van der Waals surface area (Å²) in [6.45, 7) is 9.88. The Morgan fingerprint density at radius 1 is 1.00 bits per heavy atom. The van der Waals surface area contributed by atoms with Gasteiger partial charge in [0.1, 0.15) is 6.42 Å². The summed E-state index contributed by atoms with van der Waals surface area (Å²) in [7, 11) is 0. The standard InChI is InChI=1S/C23H34O6/c1-6-17(5)22(28-15-18-11-9-8-10-12-18)23(26)29-20(13-16(3)4)19(24)14-21(25)27-7-2/h8-12,16-17,20,22H,6-7,13-15H2,1-5H3/t17-,20-,22-/m0/s1. The maximum absolute atomic E-state index is 12.9. The third kappa shape index (κ3) is 9.22. The highest BCUT2D eigenvalue weighted by atomic mass is 16.6. The summed E-state index contributed by atoms with van der Waals surface area (Å²) >= 11 is 0. The lowest BCUT2D eigenvalue weighted by Gasteiger charge is -2.25. The van der Waals surface area contributed by atoms with Gasteiger partial charge < -0.3 is 14.2 Å². The number of Topliss-reactive ketones (excluding diaryl/α,β-unsaturated/α-hetero) is 1. The lowest BCUT2D eigenvalue weighted by molar-refractivity contribution is -0.172. The Labute approximate surface area is 173 Å². The summed E-state index contributed by atoms with van der Waals surface area (Å²) in [6, 6.07) is 9.56. The van der Waals surface area contributed by atoms with Crippen LogP contribution in [0.15, 0.2) is 30.3 Å². The number of benzene rings is 1. The molecule has 0 saturated heterocycles. The van der Waals surface area contributed by atoms with E-state index in [1.54, 1.807) is 6.92 Å². The second-order valence-electron chi connectivity index (χ2n) is 7.61. The molecule has 1 rings (SSSR count). The highest BCUT2D eigenvalue weighted by molar-refractivity contribution is 5.98. The van der Waals surface area contributed by atoms with E-state index in [0.29, 0.717) is 6.42 Å². The van der Waals surface area contributed by atoms with Crippen molar-refractivity contribution in [1.82, 2.24) is 0 Å². The molecule has 6 heteroatoms. The molecule has 1 aromatic rings. The van der Waals surface area contributed by atoms with Crippen molar-refractivity contribution in [3.05, 3.63) is 35.9 Å². The van der Waals surface area contributed by atoms with Crippen molar-refractivity contribution in [3.8, 4) is 0 Å². The van der Waals surface area contributed by atoms with E-state index < -0.39 is 36.4 Å². The van der Waals surface area contributed by atoms with Gasteiger partial charge in [-0.1, -0.05) is 64.4 Å². The summed E-state index contributed by atoms with van der Waals surface area (Å²) in [5.41, 5.74) is 0.950. The van der Waals surface area contributed by atoms with Crippen LogP contribution in [0, 0.1) is 11.8 Å². The van der Waals surface area contributed by atoms with Gasteiger partial charge in [-0.15, -0.1) is 0 Å². The molecular formula is C23H34O6. The smallest absolute Gasteiger partial charge is 0.336 e. The predicted molar refractivity (Wildman–Crippen MR) is 110 cm³/mol. The lowest BCUT2D eigenvalue weighted by atomic mass is 9.99. The van der Waals surface area contributed by atoms with Crippen LogP contribution >= 0.6 is 0 Å². The van der Waals surface area contributed by atoms with Gasteiger partial charge in [0.25, 0.3) is 0 Å². The Bertz CT molecular complexity index is 640. The highest BCUT2D eigenvalue weighted by Gasteiger charge is 2.32. The fourth-order valence-electron chi connectivity index (χ4n) is 2.79. The topological polar surface area (TPSA) is 78.9 Å². The largest absolute Gasteiger partial charge is 0.466 e. The normalized spacial score (nSPS) is 14.1. The van der Waals surface area contributed by atoms with Crippen LogP contribution in [0.25, 0.3) is 0 Å². The van der Waals surface area contributed by atoms with Crippen LogP contribution in [0.2, 0.25) is 0 Å². The molecule has 0 radical (unpaired) electrons. The van der Waals surface area contributed by atoms with Crippen molar-refractivity contribution < 1.29 is 28.6 Å². The van der Waals surface area contributed by atoms with E-state index in [2.05, 4.69) is 0 Å². The lowest BCUT2D eigenvalue weighted by Crippen LogP contribution is -2.38. The van der Waals surface area contributed by atoms with E-state index >= 15 is 0 Å². The van der Waals surface area contributed by atoms with Gasteiger partial charge in [-0.25, -0.2) is 4.79 Å². The van der Waals surface area contributed by atoms with Crippen molar-refractivity contribution in [3.63, 3.8) is 0 Å². The van der Waals surface area contributed by atoms with Crippen LogP contribution in [0.5, 0.6) is 0 Å². The van der Waals surface area contributed by atoms with Crippen LogP contribution in [0.3, 0.4) is 0 Å². The molecule has 0 fully saturated rings.